The summed E-state index contributed by atoms with van der Waals surface area (Å²) >= 11 is 1.43. The lowest BCUT2D eigenvalue weighted by Crippen LogP contribution is -2.36. The van der Waals surface area contributed by atoms with Gasteiger partial charge in [0.05, 0.1) is 30.2 Å². The van der Waals surface area contributed by atoms with Crippen LogP contribution in [0.3, 0.4) is 0 Å². The van der Waals surface area contributed by atoms with Gasteiger partial charge < -0.3 is 20.2 Å². The molecule has 0 aromatic carbocycles. The Morgan fingerprint density at radius 3 is 2.58 bits per heavy atom. The van der Waals surface area contributed by atoms with Crippen molar-refractivity contribution < 1.29 is 23.9 Å². The van der Waals surface area contributed by atoms with E-state index in [4.69, 9.17) is 4.42 Å². The number of amides is 2. The molecule has 2 aliphatic carbocycles. The molecule has 31 heavy (non-hydrogen) atoms. The monoisotopic (exact) mass is 442 g/mol. The number of aryl methyl sites for hydroxylation is 1. The van der Waals surface area contributed by atoms with Gasteiger partial charge in [0.2, 0.25) is 5.91 Å². The molecular weight excluding hydrogens is 416 g/mol. The maximum atomic E-state index is 13.1. The molecule has 4 rings (SSSR count). The molecule has 0 spiro atoms. The van der Waals surface area contributed by atoms with E-state index < -0.39 is 17.8 Å². The molecule has 2 aromatic heterocycles. The lowest BCUT2D eigenvalue weighted by molar-refractivity contribution is -0.146. The smallest absolute Gasteiger partial charge is 0.307 e. The molecule has 2 amide bonds. The maximum absolute atomic E-state index is 13.1. The molecule has 2 aromatic rings. The molecule has 0 aliphatic heterocycles. The lowest BCUT2D eigenvalue weighted by atomic mass is 9.76. The number of aliphatic carboxylic acids is 1. The number of carboxylic acids is 1. The Bertz CT molecular complexity index is 1050. The number of rotatable bonds is 6. The third kappa shape index (κ3) is 4.30. The van der Waals surface area contributed by atoms with Crippen LogP contribution < -0.4 is 10.6 Å². The predicted octanol–water partition coefficient (Wildman–Crippen LogP) is 4.15. The van der Waals surface area contributed by atoms with E-state index in [0.29, 0.717) is 29.2 Å². The molecule has 164 valence electrons. The van der Waals surface area contributed by atoms with Crippen LogP contribution in [0.1, 0.15) is 59.7 Å². The molecule has 2 atom stereocenters. The first-order valence-corrected chi connectivity index (χ1v) is 11.3. The number of hydrogen-bond acceptors (Lipinski definition) is 5. The molecule has 3 N–H and O–H groups in total. The van der Waals surface area contributed by atoms with Gasteiger partial charge in [-0.2, -0.15) is 0 Å². The van der Waals surface area contributed by atoms with Gasteiger partial charge in [0, 0.05) is 4.88 Å². The summed E-state index contributed by atoms with van der Waals surface area (Å²) in [4.78, 5) is 39.1. The molecule has 0 fully saturated rings. The molecule has 8 heteroatoms. The zero-order valence-corrected chi connectivity index (χ0v) is 18.4. The zero-order chi connectivity index (χ0) is 22.1. The van der Waals surface area contributed by atoms with Gasteiger partial charge in [-0.1, -0.05) is 11.1 Å². The van der Waals surface area contributed by atoms with E-state index in [1.54, 1.807) is 18.4 Å². The number of carboxylic acid groups (broad SMARTS) is 1. The van der Waals surface area contributed by atoms with Crippen molar-refractivity contribution in [3.8, 4) is 0 Å². The normalized spacial score (nSPS) is 20.5. The Labute approximate surface area is 184 Å². The maximum Gasteiger partial charge on any atom is 0.307 e. The Balaban J connectivity index is 1.56. The molecule has 2 aliphatic rings. The first kappa shape index (κ1) is 21.4. The Hall–Kier alpha value is -2.87. The number of thiophene rings is 1. The second-order valence-electron chi connectivity index (χ2n) is 8.33. The van der Waals surface area contributed by atoms with Crippen LogP contribution in [0.25, 0.3) is 0 Å². The average Bonchev–Trinajstić information content (AvgIpc) is 3.45. The van der Waals surface area contributed by atoms with E-state index in [0.717, 1.165) is 40.8 Å². The van der Waals surface area contributed by atoms with Gasteiger partial charge in [-0.05, 0) is 63.6 Å². The van der Waals surface area contributed by atoms with Gasteiger partial charge in [-0.15, -0.1) is 11.3 Å². The molecule has 2 heterocycles. The number of carbonyl (C=O) groups excluding carboxylic acids is 2. The van der Waals surface area contributed by atoms with Crippen molar-refractivity contribution >= 4 is 34.1 Å². The summed E-state index contributed by atoms with van der Waals surface area (Å²) < 4.78 is 5.28. The second-order valence-corrected chi connectivity index (χ2v) is 9.44. The van der Waals surface area contributed by atoms with Crippen molar-refractivity contribution in [3.05, 3.63) is 51.3 Å². The Morgan fingerprint density at radius 1 is 1.16 bits per heavy atom. The van der Waals surface area contributed by atoms with E-state index in [2.05, 4.69) is 10.6 Å². The van der Waals surface area contributed by atoms with Crippen molar-refractivity contribution in [1.82, 2.24) is 5.32 Å². The summed E-state index contributed by atoms with van der Waals surface area (Å²) in [6, 6.07) is 3.55. The van der Waals surface area contributed by atoms with E-state index in [9.17, 15) is 19.5 Å². The number of nitrogens with one attached hydrogen (secondary N) is 2. The molecule has 0 bridgehead atoms. The fraction of sp³-hybridized carbons (Fsp3) is 0.435. The quantitative estimate of drug-likeness (QED) is 0.583. The third-order valence-corrected chi connectivity index (χ3v) is 7.52. The number of hydrogen-bond donors (Lipinski definition) is 3. The highest BCUT2D eigenvalue weighted by molar-refractivity contribution is 7.17. The average molecular weight is 443 g/mol. The summed E-state index contributed by atoms with van der Waals surface area (Å²) in [5.74, 6) is -2.31. The van der Waals surface area contributed by atoms with Crippen LogP contribution >= 0.6 is 11.3 Å². The Kier molecular flexibility index (Phi) is 6.00. The summed E-state index contributed by atoms with van der Waals surface area (Å²) in [7, 11) is 0. The minimum Gasteiger partial charge on any atom is -0.481 e. The van der Waals surface area contributed by atoms with Gasteiger partial charge in [0.1, 0.15) is 10.8 Å². The van der Waals surface area contributed by atoms with Crippen LogP contribution in [-0.2, 0) is 29.0 Å². The minimum atomic E-state index is -0.961. The number of allylic oxidation sites excluding steroid dienone is 2. The summed E-state index contributed by atoms with van der Waals surface area (Å²) in [5.41, 5.74) is 3.58. The molecular formula is C23H26N2O5S. The van der Waals surface area contributed by atoms with Crippen molar-refractivity contribution in [1.29, 1.82) is 0 Å². The van der Waals surface area contributed by atoms with Crippen LogP contribution in [0.2, 0.25) is 0 Å². The van der Waals surface area contributed by atoms with Crippen LogP contribution in [0.5, 0.6) is 0 Å². The highest BCUT2D eigenvalue weighted by Crippen LogP contribution is 2.41. The van der Waals surface area contributed by atoms with Crippen molar-refractivity contribution in [3.63, 3.8) is 0 Å². The van der Waals surface area contributed by atoms with Gasteiger partial charge >= 0.3 is 5.97 Å². The standard InChI is InChI=1S/C23H26N2O5S/c1-12-9-16(17(23(28)29)10-13(12)2)20(26)25-22-19(15-6-3-7-18(15)31-22)21(27)24-11-14-5-4-8-30-14/h4-5,8,16-17H,3,6-7,9-11H2,1-2H3,(H,24,27)(H,25,26)(H,28,29)/t16-,17-/m1/s1. The van der Waals surface area contributed by atoms with Crippen molar-refractivity contribution in [2.24, 2.45) is 11.8 Å². The van der Waals surface area contributed by atoms with Gasteiger partial charge in [-0.3, -0.25) is 14.4 Å². The van der Waals surface area contributed by atoms with Crippen LogP contribution in [-0.4, -0.2) is 22.9 Å². The highest BCUT2D eigenvalue weighted by Gasteiger charge is 2.38. The first-order chi connectivity index (χ1) is 14.8. The fourth-order valence-electron chi connectivity index (χ4n) is 4.43. The van der Waals surface area contributed by atoms with Crippen molar-refractivity contribution in [2.75, 3.05) is 5.32 Å². The second kappa shape index (κ2) is 8.70. The Morgan fingerprint density at radius 2 is 1.90 bits per heavy atom. The summed E-state index contributed by atoms with van der Waals surface area (Å²) in [6.07, 6.45) is 5.01. The van der Waals surface area contributed by atoms with Crippen molar-refractivity contribution in [2.45, 2.75) is 52.5 Å². The summed E-state index contributed by atoms with van der Waals surface area (Å²) in [5, 5.41) is 16.0. The molecule has 0 saturated carbocycles. The largest absolute Gasteiger partial charge is 0.481 e. The first-order valence-electron chi connectivity index (χ1n) is 10.5. The molecule has 0 unspecified atom stereocenters. The van der Waals surface area contributed by atoms with Crippen LogP contribution in [0, 0.1) is 11.8 Å². The SMILES string of the molecule is CC1=C(C)C[C@@H](C(=O)Nc2sc3c(c2C(=O)NCc2ccco2)CCC3)[C@H](C(=O)O)C1. The van der Waals surface area contributed by atoms with E-state index in [1.807, 2.05) is 13.8 Å². The zero-order valence-electron chi connectivity index (χ0n) is 17.6. The predicted molar refractivity (Wildman–Crippen MR) is 117 cm³/mol. The molecule has 7 nitrogen and oxygen atoms in total. The van der Waals surface area contributed by atoms with E-state index >= 15 is 0 Å². The minimum absolute atomic E-state index is 0.253. The van der Waals surface area contributed by atoms with Gasteiger partial charge in [0.15, 0.2) is 0 Å². The number of fused-ring (bicyclic) bond motifs is 1. The van der Waals surface area contributed by atoms with E-state index in [1.165, 1.54) is 11.3 Å². The number of carbonyl (C=O) groups is 3. The number of anilines is 1. The summed E-state index contributed by atoms with van der Waals surface area (Å²) in [6.45, 7) is 4.13. The molecule has 0 radical (unpaired) electrons. The number of furan rings is 1. The van der Waals surface area contributed by atoms with Crippen LogP contribution in [0.15, 0.2) is 34.0 Å². The fourth-order valence-corrected chi connectivity index (χ4v) is 5.72. The lowest BCUT2D eigenvalue weighted by Gasteiger charge is -2.29. The third-order valence-electron chi connectivity index (χ3n) is 6.31. The topological polar surface area (TPSA) is 109 Å². The van der Waals surface area contributed by atoms with Crippen LogP contribution in [0.4, 0.5) is 5.00 Å². The van der Waals surface area contributed by atoms with E-state index in [-0.39, 0.29) is 18.4 Å². The van der Waals surface area contributed by atoms with Gasteiger partial charge in [0.25, 0.3) is 5.91 Å². The van der Waals surface area contributed by atoms with Gasteiger partial charge in [-0.25, -0.2) is 0 Å². The molecule has 0 saturated heterocycles. The highest BCUT2D eigenvalue weighted by atomic mass is 32.1.